The van der Waals surface area contributed by atoms with Gasteiger partial charge in [-0.25, -0.2) is 0 Å². The van der Waals surface area contributed by atoms with Crippen LogP contribution >= 0.6 is 11.6 Å². The van der Waals surface area contributed by atoms with Gasteiger partial charge in [0.2, 0.25) is 0 Å². The minimum absolute atomic E-state index is 0.704. The fourth-order valence-electron chi connectivity index (χ4n) is 1.72. The molecule has 1 saturated carbocycles. The molecule has 0 spiro atoms. The number of rotatable bonds is 4. The number of nitrogens with one attached hydrogen (secondary N) is 1. The number of ether oxygens (including phenoxy) is 1. The Hall–Kier alpha value is -0.730. The molecule has 0 unspecified atom stereocenters. The number of methoxy groups -OCH3 is 1. The average molecular weight is 226 g/mol. The largest absolute Gasteiger partial charge is 0.497 e. The Morgan fingerprint density at radius 1 is 1.40 bits per heavy atom. The van der Waals surface area contributed by atoms with Gasteiger partial charge in [0.25, 0.3) is 0 Å². The van der Waals surface area contributed by atoms with E-state index >= 15 is 0 Å². The molecule has 1 aromatic carbocycles. The van der Waals surface area contributed by atoms with Crippen molar-refractivity contribution in [3.05, 3.63) is 28.8 Å². The Balaban J connectivity index is 1.96. The summed E-state index contributed by atoms with van der Waals surface area (Å²) in [6, 6.07) is 6.54. The van der Waals surface area contributed by atoms with Crippen molar-refractivity contribution in [3.8, 4) is 5.75 Å². The van der Waals surface area contributed by atoms with Gasteiger partial charge in [0.1, 0.15) is 5.75 Å². The molecule has 1 aromatic rings. The minimum atomic E-state index is 0.704. The molecule has 0 bridgehead atoms. The van der Waals surface area contributed by atoms with Crippen LogP contribution in [0.2, 0.25) is 5.02 Å². The highest BCUT2D eigenvalue weighted by Gasteiger charge is 2.16. The van der Waals surface area contributed by atoms with Gasteiger partial charge in [-0.05, 0) is 36.6 Å². The normalized spacial score (nSPS) is 16.1. The first kappa shape index (κ1) is 10.8. The molecule has 2 rings (SSSR count). The minimum Gasteiger partial charge on any atom is -0.497 e. The second-order valence-electron chi connectivity index (χ2n) is 4.01. The molecule has 2 nitrogen and oxygen atoms in total. The molecule has 1 N–H and O–H groups in total. The lowest BCUT2D eigenvalue weighted by Gasteiger charge is -2.26. The van der Waals surface area contributed by atoms with Gasteiger partial charge in [0, 0.05) is 17.6 Å². The predicted molar refractivity (Wildman–Crippen MR) is 62.5 cm³/mol. The lowest BCUT2D eigenvalue weighted by molar-refractivity contribution is 0.338. The van der Waals surface area contributed by atoms with Gasteiger partial charge in [-0.15, -0.1) is 0 Å². The molecule has 1 aliphatic carbocycles. The summed E-state index contributed by atoms with van der Waals surface area (Å²) in [6.45, 7) is 0.877. The van der Waals surface area contributed by atoms with Crippen molar-refractivity contribution in [1.29, 1.82) is 0 Å². The van der Waals surface area contributed by atoms with Gasteiger partial charge in [-0.2, -0.15) is 0 Å². The Bertz CT molecular complexity index is 336. The van der Waals surface area contributed by atoms with Crippen LogP contribution in [-0.4, -0.2) is 13.2 Å². The second kappa shape index (κ2) is 4.86. The number of halogens is 1. The Labute approximate surface area is 95.6 Å². The summed E-state index contributed by atoms with van der Waals surface area (Å²) in [4.78, 5) is 0. The molecule has 1 fully saturated rings. The van der Waals surface area contributed by atoms with Gasteiger partial charge in [-0.3, -0.25) is 0 Å². The van der Waals surface area contributed by atoms with E-state index in [0.717, 1.165) is 17.3 Å². The Morgan fingerprint density at radius 3 is 2.80 bits per heavy atom. The van der Waals surface area contributed by atoms with Crippen LogP contribution in [0, 0.1) is 0 Å². The zero-order valence-electron chi connectivity index (χ0n) is 8.92. The summed E-state index contributed by atoms with van der Waals surface area (Å²) in [5, 5.41) is 4.24. The van der Waals surface area contributed by atoms with E-state index in [1.54, 1.807) is 7.11 Å². The summed E-state index contributed by atoms with van der Waals surface area (Å²) < 4.78 is 5.17. The van der Waals surface area contributed by atoms with Crippen molar-refractivity contribution in [2.45, 2.75) is 31.8 Å². The first-order valence-corrected chi connectivity index (χ1v) is 5.72. The quantitative estimate of drug-likeness (QED) is 0.851. The highest BCUT2D eigenvalue weighted by atomic mass is 35.5. The zero-order chi connectivity index (χ0) is 10.7. The molecule has 82 valence electrons. The van der Waals surface area contributed by atoms with Crippen molar-refractivity contribution >= 4 is 11.6 Å². The van der Waals surface area contributed by atoms with Gasteiger partial charge < -0.3 is 10.1 Å². The van der Waals surface area contributed by atoms with Crippen LogP contribution in [0.15, 0.2) is 18.2 Å². The fourth-order valence-corrected chi connectivity index (χ4v) is 1.96. The summed E-state index contributed by atoms with van der Waals surface area (Å²) in [6.07, 6.45) is 3.96. The van der Waals surface area contributed by atoms with E-state index in [4.69, 9.17) is 16.3 Å². The molecule has 0 heterocycles. The third-order valence-corrected chi connectivity index (χ3v) is 3.09. The second-order valence-corrected chi connectivity index (χ2v) is 4.44. The molecule has 0 amide bonds. The fraction of sp³-hybridized carbons (Fsp3) is 0.500. The summed E-state index contributed by atoms with van der Waals surface area (Å²) in [5.41, 5.74) is 1.19. The van der Waals surface area contributed by atoms with E-state index in [9.17, 15) is 0 Å². The van der Waals surface area contributed by atoms with Crippen molar-refractivity contribution in [2.24, 2.45) is 0 Å². The van der Waals surface area contributed by atoms with Crippen LogP contribution in [0.25, 0.3) is 0 Å². The van der Waals surface area contributed by atoms with E-state index in [-0.39, 0.29) is 0 Å². The molecule has 0 aliphatic heterocycles. The number of benzene rings is 1. The molecule has 0 saturated heterocycles. The Morgan fingerprint density at radius 2 is 2.20 bits per heavy atom. The van der Waals surface area contributed by atoms with E-state index in [1.807, 2.05) is 18.2 Å². The smallest absolute Gasteiger partial charge is 0.120 e. The van der Waals surface area contributed by atoms with Gasteiger partial charge >= 0.3 is 0 Å². The maximum atomic E-state index is 5.98. The third-order valence-electron chi connectivity index (χ3n) is 2.87. The molecular formula is C12H16ClNO. The van der Waals surface area contributed by atoms with Crippen LogP contribution in [0.3, 0.4) is 0 Å². The van der Waals surface area contributed by atoms with Crippen molar-refractivity contribution in [2.75, 3.05) is 7.11 Å². The standard InChI is InChI=1S/C12H16ClNO/c1-15-12-6-9(5-10(13)7-12)8-14-11-3-2-4-11/h5-7,11,14H,2-4,8H2,1H3. The molecule has 3 heteroatoms. The first-order valence-electron chi connectivity index (χ1n) is 5.35. The summed E-state index contributed by atoms with van der Waals surface area (Å²) in [5.74, 6) is 0.827. The van der Waals surface area contributed by atoms with Crippen LogP contribution in [0.4, 0.5) is 0 Å². The predicted octanol–water partition coefficient (Wildman–Crippen LogP) is 2.99. The monoisotopic (exact) mass is 225 g/mol. The van der Waals surface area contributed by atoms with E-state index in [1.165, 1.54) is 24.8 Å². The maximum Gasteiger partial charge on any atom is 0.120 e. The third kappa shape index (κ3) is 2.86. The van der Waals surface area contributed by atoms with E-state index in [2.05, 4.69) is 5.32 Å². The van der Waals surface area contributed by atoms with Crippen molar-refractivity contribution in [1.82, 2.24) is 5.32 Å². The van der Waals surface area contributed by atoms with Crippen LogP contribution in [0.1, 0.15) is 24.8 Å². The average Bonchev–Trinajstić information content (AvgIpc) is 2.14. The van der Waals surface area contributed by atoms with Crippen molar-refractivity contribution in [3.63, 3.8) is 0 Å². The molecule has 1 aliphatic rings. The van der Waals surface area contributed by atoms with Gasteiger partial charge in [0.05, 0.1) is 7.11 Å². The van der Waals surface area contributed by atoms with E-state index < -0.39 is 0 Å². The lowest BCUT2D eigenvalue weighted by Crippen LogP contribution is -2.34. The lowest BCUT2D eigenvalue weighted by atomic mass is 9.93. The maximum absolute atomic E-state index is 5.98. The zero-order valence-corrected chi connectivity index (χ0v) is 9.68. The molecule has 15 heavy (non-hydrogen) atoms. The van der Waals surface area contributed by atoms with Gasteiger partial charge in [0.15, 0.2) is 0 Å². The molecule has 0 radical (unpaired) electrons. The van der Waals surface area contributed by atoms with E-state index in [0.29, 0.717) is 6.04 Å². The SMILES string of the molecule is COc1cc(Cl)cc(CNC2CCC2)c1. The van der Waals surface area contributed by atoms with Crippen LogP contribution in [-0.2, 0) is 6.54 Å². The molecule has 0 aromatic heterocycles. The Kier molecular flexibility index (Phi) is 3.49. The van der Waals surface area contributed by atoms with Crippen molar-refractivity contribution < 1.29 is 4.74 Å². The highest BCUT2D eigenvalue weighted by molar-refractivity contribution is 6.30. The summed E-state index contributed by atoms with van der Waals surface area (Å²) in [7, 11) is 1.66. The number of hydrogen-bond acceptors (Lipinski definition) is 2. The topological polar surface area (TPSA) is 21.3 Å². The van der Waals surface area contributed by atoms with Crippen LogP contribution in [0.5, 0.6) is 5.75 Å². The summed E-state index contributed by atoms with van der Waals surface area (Å²) >= 11 is 5.98. The number of hydrogen-bond donors (Lipinski definition) is 1. The first-order chi connectivity index (χ1) is 7.28. The molecular weight excluding hydrogens is 210 g/mol. The molecule has 0 atom stereocenters. The highest BCUT2D eigenvalue weighted by Crippen LogP contribution is 2.22. The van der Waals surface area contributed by atoms with Crippen LogP contribution < -0.4 is 10.1 Å². The van der Waals surface area contributed by atoms with Gasteiger partial charge in [-0.1, -0.05) is 18.0 Å².